The van der Waals surface area contributed by atoms with E-state index in [1.54, 1.807) is 0 Å². The van der Waals surface area contributed by atoms with E-state index < -0.39 is 46.0 Å². The molecule has 1 fully saturated rings. The van der Waals surface area contributed by atoms with Gasteiger partial charge in [-0.25, -0.2) is 4.39 Å². The Morgan fingerprint density at radius 2 is 1.65 bits per heavy atom. The van der Waals surface area contributed by atoms with Gasteiger partial charge in [-0.1, -0.05) is 0 Å². The lowest BCUT2D eigenvalue weighted by molar-refractivity contribution is -0.138. The van der Waals surface area contributed by atoms with Gasteiger partial charge in [0.25, 0.3) is 11.8 Å². The zero-order chi connectivity index (χ0) is 31.9. The number of hydrogen-bond donors (Lipinski definition) is 3. The summed E-state index contributed by atoms with van der Waals surface area (Å²) in [6.07, 6.45) is -1.59. The Kier molecular flexibility index (Phi) is 8.68. The first-order valence-corrected chi connectivity index (χ1v) is 13.6. The minimum Gasteiger partial charge on any atom is -0.367 e. The summed E-state index contributed by atoms with van der Waals surface area (Å²) in [5.41, 5.74) is -3.06. The summed E-state index contributed by atoms with van der Waals surface area (Å²) in [6, 6.07) is 4.39. The van der Waals surface area contributed by atoms with E-state index in [2.05, 4.69) is 25.5 Å². The number of amides is 2. The Bertz CT molecular complexity index is 1590. The third kappa shape index (κ3) is 7.22. The van der Waals surface area contributed by atoms with Crippen LogP contribution < -0.4 is 21.1 Å². The van der Waals surface area contributed by atoms with Crippen molar-refractivity contribution in [3.63, 3.8) is 0 Å². The number of nitrogens with one attached hydrogen (secondary N) is 3. The van der Waals surface area contributed by atoms with Crippen molar-refractivity contribution in [2.75, 3.05) is 30.4 Å². The molecule has 2 amide bonds. The lowest BCUT2D eigenvalue weighted by Crippen LogP contribution is -2.55. The SMILES string of the molecule is CC1CN(c2cc(F)c(-c3cncc(C(=O)NC(C)(C)C)c3)cc2NC(=O)c2c[nH]c(=O)cc2C(F)(F)F)CC(C)N1C. The van der Waals surface area contributed by atoms with Crippen molar-refractivity contribution in [2.24, 2.45) is 0 Å². The largest absolute Gasteiger partial charge is 0.417 e. The number of halogens is 4. The molecule has 0 aliphatic carbocycles. The van der Waals surface area contributed by atoms with E-state index in [1.165, 1.54) is 30.6 Å². The van der Waals surface area contributed by atoms with Crippen LogP contribution in [-0.4, -0.2) is 64.4 Å². The first-order valence-electron chi connectivity index (χ1n) is 13.6. The maximum Gasteiger partial charge on any atom is 0.417 e. The van der Waals surface area contributed by atoms with Crippen molar-refractivity contribution in [1.29, 1.82) is 0 Å². The Labute approximate surface area is 246 Å². The van der Waals surface area contributed by atoms with Gasteiger partial charge < -0.3 is 20.5 Å². The predicted octanol–water partition coefficient (Wildman–Crippen LogP) is 4.90. The fraction of sp³-hybridized carbons (Fsp3) is 0.400. The van der Waals surface area contributed by atoms with Gasteiger partial charge >= 0.3 is 6.18 Å². The lowest BCUT2D eigenvalue weighted by Gasteiger charge is -2.44. The molecule has 13 heteroatoms. The van der Waals surface area contributed by atoms with Crippen molar-refractivity contribution in [3.8, 4) is 11.1 Å². The van der Waals surface area contributed by atoms with Crippen LogP contribution in [0.15, 0.2) is 47.7 Å². The monoisotopic (exact) mass is 602 g/mol. The van der Waals surface area contributed by atoms with Crippen LogP contribution in [0.2, 0.25) is 0 Å². The molecule has 3 heterocycles. The fourth-order valence-corrected chi connectivity index (χ4v) is 4.95. The summed E-state index contributed by atoms with van der Waals surface area (Å²) >= 11 is 0. The fourth-order valence-electron chi connectivity index (χ4n) is 4.95. The zero-order valence-corrected chi connectivity index (χ0v) is 24.7. The van der Waals surface area contributed by atoms with Crippen molar-refractivity contribution in [2.45, 2.75) is 58.4 Å². The summed E-state index contributed by atoms with van der Waals surface area (Å²) in [5, 5.41) is 5.33. The van der Waals surface area contributed by atoms with Gasteiger partial charge in [-0.15, -0.1) is 0 Å². The van der Waals surface area contributed by atoms with E-state index >= 15 is 4.39 Å². The van der Waals surface area contributed by atoms with Crippen molar-refractivity contribution in [3.05, 3.63) is 75.7 Å². The molecular weight excluding hydrogens is 568 g/mol. The van der Waals surface area contributed by atoms with Gasteiger partial charge in [0.2, 0.25) is 5.56 Å². The number of anilines is 2. The smallest absolute Gasteiger partial charge is 0.367 e. The van der Waals surface area contributed by atoms with E-state index in [1.807, 2.05) is 46.6 Å². The quantitative estimate of drug-likeness (QED) is 0.359. The number of hydrogen-bond acceptors (Lipinski definition) is 6. The minimum atomic E-state index is -4.97. The van der Waals surface area contributed by atoms with Crippen LogP contribution >= 0.6 is 0 Å². The van der Waals surface area contributed by atoms with Gasteiger partial charge in [-0.2, -0.15) is 13.2 Å². The Morgan fingerprint density at radius 1 is 1.00 bits per heavy atom. The number of carbonyl (C=O) groups excluding carboxylic acids is 2. The molecule has 0 bridgehead atoms. The number of pyridine rings is 2. The van der Waals surface area contributed by atoms with Crippen LogP contribution in [0.4, 0.5) is 28.9 Å². The summed E-state index contributed by atoms with van der Waals surface area (Å²) in [5.74, 6) is -2.25. The molecule has 0 spiro atoms. The first-order chi connectivity index (χ1) is 19.9. The molecular formula is C30H34F4N6O3. The highest BCUT2D eigenvalue weighted by atomic mass is 19.4. The maximum absolute atomic E-state index is 15.8. The van der Waals surface area contributed by atoms with Gasteiger partial charge in [0.1, 0.15) is 5.82 Å². The lowest BCUT2D eigenvalue weighted by atomic mass is 10.0. The molecule has 43 heavy (non-hydrogen) atoms. The van der Waals surface area contributed by atoms with Crippen LogP contribution in [-0.2, 0) is 6.18 Å². The van der Waals surface area contributed by atoms with E-state index in [0.717, 1.165) is 0 Å². The summed E-state index contributed by atoms with van der Waals surface area (Å²) in [6.45, 7) is 10.3. The van der Waals surface area contributed by atoms with Crippen LogP contribution in [0.25, 0.3) is 11.1 Å². The third-order valence-corrected chi connectivity index (χ3v) is 7.31. The second kappa shape index (κ2) is 11.8. The highest BCUT2D eigenvalue weighted by molar-refractivity contribution is 6.07. The third-order valence-electron chi connectivity index (χ3n) is 7.31. The molecule has 1 aliphatic rings. The van der Waals surface area contributed by atoms with Gasteiger partial charge in [0, 0.05) is 66.5 Å². The van der Waals surface area contributed by atoms with Crippen LogP contribution in [0.3, 0.4) is 0 Å². The summed E-state index contributed by atoms with van der Waals surface area (Å²) in [4.78, 5) is 47.9. The molecule has 1 aliphatic heterocycles. The predicted molar refractivity (Wildman–Crippen MR) is 156 cm³/mol. The number of piperazine rings is 1. The maximum atomic E-state index is 15.8. The van der Waals surface area contributed by atoms with Crippen molar-refractivity contribution < 1.29 is 27.2 Å². The van der Waals surface area contributed by atoms with Gasteiger partial charge in [0.15, 0.2) is 0 Å². The molecule has 1 saturated heterocycles. The Balaban J connectivity index is 1.82. The highest BCUT2D eigenvalue weighted by Gasteiger charge is 2.36. The Hall–Kier alpha value is -4.26. The topological polar surface area (TPSA) is 110 Å². The molecule has 1 aromatic carbocycles. The number of benzene rings is 1. The van der Waals surface area contributed by atoms with Crippen LogP contribution in [0.1, 0.15) is 60.9 Å². The number of rotatable bonds is 5. The molecule has 3 aromatic rings. The Morgan fingerprint density at radius 3 is 2.26 bits per heavy atom. The molecule has 2 atom stereocenters. The van der Waals surface area contributed by atoms with Crippen molar-refractivity contribution >= 4 is 23.2 Å². The van der Waals surface area contributed by atoms with Gasteiger partial charge in [0.05, 0.1) is 28.1 Å². The number of H-pyrrole nitrogens is 1. The molecule has 0 saturated carbocycles. The standard InChI is InChI=1S/C30H34F4N6O3/c1-16-14-40(15-17(2)39(16)6)25-10-23(31)20(18-7-19(12-35-11-18)27(42)38-29(3,4)5)8-24(25)37-28(43)21-13-36-26(41)9-22(21)30(32,33)34/h7-13,16-17H,14-15H2,1-6H3,(H,36,41)(H,37,43)(H,38,42). The van der Waals surface area contributed by atoms with Gasteiger partial charge in [-0.05, 0) is 59.9 Å². The molecule has 4 rings (SSSR count). The number of carbonyl (C=O) groups is 2. The van der Waals surface area contributed by atoms with Gasteiger partial charge in [-0.3, -0.25) is 24.3 Å². The molecule has 0 radical (unpaired) electrons. The second-order valence-electron chi connectivity index (χ2n) is 11.9. The molecule has 9 nitrogen and oxygen atoms in total. The van der Waals surface area contributed by atoms with Crippen LogP contribution in [0.5, 0.6) is 0 Å². The minimum absolute atomic E-state index is 0.0234. The molecule has 3 N–H and O–H groups in total. The molecule has 2 unspecified atom stereocenters. The number of aromatic amines is 1. The second-order valence-corrected chi connectivity index (χ2v) is 11.9. The average molecular weight is 603 g/mol. The highest BCUT2D eigenvalue weighted by Crippen LogP contribution is 2.37. The van der Waals surface area contributed by atoms with Crippen LogP contribution in [0, 0.1) is 5.82 Å². The number of aromatic nitrogens is 2. The normalized spacial score (nSPS) is 18.0. The van der Waals surface area contributed by atoms with E-state index in [4.69, 9.17) is 0 Å². The zero-order valence-electron chi connectivity index (χ0n) is 24.7. The summed E-state index contributed by atoms with van der Waals surface area (Å²) in [7, 11) is 1.96. The number of nitrogens with zero attached hydrogens (tertiary/aromatic N) is 3. The van der Waals surface area contributed by atoms with Crippen molar-refractivity contribution in [1.82, 2.24) is 20.2 Å². The number of likely N-dealkylation sites (N-methyl/N-ethyl adjacent to an activating group) is 1. The van der Waals surface area contributed by atoms with E-state index in [-0.39, 0.29) is 40.1 Å². The molecule has 2 aromatic heterocycles. The van der Waals surface area contributed by atoms with E-state index in [9.17, 15) is 27.6 Å². The summed E-state index contributed by atoms with van der Waals surface area (Å²) < 4.78 is 57.0. The van der Waals surface area contributed by atoms with E-state index in [0.29, 0.717) is 25.4 Å². The molecule has 230 valence electrons. The first kappa shape index (κ1) is 31.7. The number of alkyl halides is 3. The average Bonchev–Trinajstić information content (AvgIpc) is 2.90.